The van der Waals surface area contributed by atoms with Gasteiger partial charge in [-0.05, 0) is 18.6 Å². The number of rotatable bonds is 1. The molecule has 0 aliphatic carbocycles. The summed E-state index contributed by atoms with van der Waals surface area (Å²) in [4.78, 5) is 10.4. The fraction of sp³-hybridized carbons (Fsp3) is 0.125. The van der Waals surface area contributed by atoms with Crippen molar-refractivity contribution >= 4 is 28.6 Å². The molecule has 1 aromatic rings. The summed E-state index contributed by atoms with van der Waals surface area (Å²) in [6.07, 6.45) is 0. The number of aryl methyl sites for hydroxylation is 1. The summed E-state index contributed by atoms with van der Waals surface area (Å²) in [5, 5.41) is 0.409. The predicted octanol–water partition coefficient (Wildman–Crippen LogP) is 3.39. The van der Waals surface area contributed by atoms with Crippen LogP contribution in [0, 0.1) is 6.92 Å². The van der Waals surface area contributed by atoms with Crippen molar-refractivity contribution in [2.75, 3.05) is 0 Å². The average Bonchev–Trinajstić information content (AvgIpc) is 1.98. The zero-order chi connectivity index (χ0) is 9.14. The van der Waals surface area contributed by atoms with Crippen LogP contribution in [-0.4, -0.2) is 5.43 Å². The summed E-state index contributed by atoms with van der Waals surface area (Å²) in [6.45, 7) is 1.81. The average molecular weight is 205 g/mol. The molecule has 0 aliphatic heterocycles. The van der Waals surface area contributed by atoms with Gasteiger partial charge in [0.25, 0.3) is 0 Å². The number of hydrogen-bond acceptors (Lipinski definition) is 2. The van der Waals surface area contributed by atoms with Crippen molar-refractivity contribution in [2.24, 2.45) is 0 Å². The van der Waals surface area contributed by atoms with Gasteiger partial charge >= 0.3 is 5.43 Å². The molecule has 0 atom stereocenters. The highest BCUT2D eigenvalue weighted by atomic mass is 35.5. The van der Waals surface area contributed by atoms with Gasteiger partial charge in [0.05, 0.1) is 5.02 Å². The lowest BCUT2D eigenvalue weighted by Crippen LogP contribution is -1.96. The predicted molar refractivity (Wildman–Crippen MR) is 48.1 cm³/mol. The van der Waals surface area contributed by atoms with Crippen molar-refractivity contribution in [1.29, 1.82) is 0 Å². The maximum absolute atomic E-state index is 10.4. The highest BCUT2D eigenvalue weighted by Crippen LogP contribution is 2.27. The first-order valence-electron chi connectivity index (χ1n) is 3.23. The van der Waals surface area contributed by atoms with Crippen molar-refractivity contribution in [3.63, 3.8) is 0 Å². The second-order valence-electron chi connectivity index (χ2n) is 2.23. The third-order valence-electron chi connectivity index (χ3n) is 1.35. The highest BCUT2D eigenvalue weighted by Gasteiger charge is 2.06. The zero-order valence-corrected chi connectivity index (χ0v) is 7.82. The second kappa shape index (κ2) is 3.78. The molecule has 1 rings (SSSR count). The van der Waals surface area contributed by atoms with Crippen LogP contribution in [0.5, 0.6) is 5.75 Å². The highest BCUT2D eigenvalue weighted by molar-refractivity contribution is 6.61. The molecular weight excluding hydrogens is 199 g/mol. The summed E-state index contributed by atoms with van der Waals surface area (Å²) in [5.41, 5.74) is -0.0467. The minimum atomic E-state index is -0.887. The van der Waals surface area contributed by atoms with Gasteiger partial charge in [-0.3, -0.25) is 0 Å². The van der Waals surface area contributed by atoms with E-state index in [1.165, 1.54) is 0 Å². The van der Waals surface area contributed by atoms with E-state index in [9.17, 15) is 4.79 Å². The van der Waals surface area contributed by atoms with Crippen LogP contribution < -0.4 is 4.74 Å². The van der Waals surface area contributed by atoms with Crippen LogP contribution in [0.4, 0.5) is 4.79 Å². The number of ether oxygens (including phenoxy) is 1. The summed E-state index contributed by atoms with van der Waals surface area (Å²) >= 11 is 10.8. The molecular formula is C8H6Cl2O2. The Labute approximate surface area is 80.0 Å². The Balaban J connectivity index is 3.00. The van der Waals surface area contributed by atoms with Crippen LogP contribution in [-0.2, 0) is 0 Å². The van der Waals surface area contributed by atoms with Crippen molar-refractivity contribution in [3.8, 4) is 5.75 Å². The molecule has 0 amide bonds. The van der Waals surface area contributed by atoms with E-state index in [-0.39, 0.29) is 5.75 Å². The van der Waals surface area contributed by atoms with E-state index in [2.05, 4.69) is 4.74 Å². The molecule has 0 aromatic heterocycles. The lowest BCUT2D eigenvalue weighted by Gasteiger charge is -2.03. The van der Waals surface area contributed by atoms with Crippen molar-refractivity contribution < 1.29 is 9.53 Å². The molecule has 0 radical (unpaired) electrons. The van der Waals surface area contributed by atoms with Gasteiger partial charge in [0.15, 0.2) is 5.75 Å². The molecule has 2 nitrogen and oxygen atoms in total. The van der Waals surface area contributed by atoms with E-state index in [1.807, 2.05) is 13.0 Å². The van der Waals surface area contributed by atoms with Gasteiger partial charge in [-0.2, -0.15) is 0 Å². The lowest BCUT2D eigenvalue weighted by atomic mass is 10.2. The van der Waals surface area contributed by atoms with E-state index >= 15 is 0 Å². The Morgan fingerprint density at radius 3 is 2.75 bits per heavy atom. The molecule has 4 heteroatoms. The zero-order valence-electron chi connectivity index (χ0n) is 6.30. The van der Waals surface area contributed by atoms with Crippen LogP contribution in [0.1, 0.15) is 5.56 Å². The Hall–Kier alpha value is -0.730. The first kappa shape index (κ1) is 9.36. The minimum Gasteiger partial charge on any atom is -0.413 e. The Morgan fingerprint density at radius 1 is 1.50 bits per heavy atom. The number of hydrogen-bond donors (Lipinski definition) is 0. The topological polar surface area (TPSA) is 26.3 Å². The maximum atomic E-state index is 10.4. The molecule has 0 saturated carbocycles. The molecule has 64 valence electrons. The molecule has 12 heavy (non-hydrogen) atoms. The maximum Gasteiger partial charge on any atom is 0.409 e. The van der Waals surface area contributed by atoms with Gasteiger partial charge < -0.3 is 4.74 Å². The van der Waals surface area contributed by atoms with Crippen molar-refractivity contribution in [3.05, 3.63) is 28.8 Å². The number of carbonyl (C=O) groups excluding carboxylic acids is 1. The first-order valence-corrected chi connectivity index (χ1v) is 3.99. The van der Waals surface area contributed by atoms with Gasteiger partial charge in [0.2, 0.25) is 0 Å². The lowest BCUT2D eigenvalue weighted by molar-refractivity contribution is 0.225. The second-order valence-corrected chi connectivity index (χ2v) is 2.91. The number of carbonyl (C=O) groups is 1. The monoisotopic (exact) mass is 204 g/mol. The number of halogens is 2. The molecule has 0 saturated heterocycles. The SMILES string of the molecule is Cc1cccc(OC(=O)Cl)c1Cl. The van der Waals surface area contributed by atoms with Crippen LogP contribution in [0.2, 0.25) is 5.02 Å². The quantitative estimate of drug-likeness (QED) is 0.656. The third-order valence-corrected chi connectivity index (χ3v) is 1.91. The summed E-state index contributed by atoms with van der Waals surface area (Å²) in [5.74, 6) is 0.289. The molecule has 0 heterocycles. The van der Waals surface area contributed by atoms with Gasteiger partial charge in [0, 0.05) is 11.6 Å². The normalized spacial score (nSPS) is 9.58. The van der Waals surface area contributed by atoms with E-state index < -0.39 is 5.43 Å². The van der Waals surface area contributed by atoms with Gasteiger partial charge in [-0.1, -0.05) is 23.7 Å². The number of benzene rings is 1. The Kier molecular flexibility index (Phi) is 2.95. The summed E-state index contributed by atoms with van der Waals surface area (Å²) < 4.78 is 4.62. The van der Waals surface area contributed by atoms with Crippen molar-refractivity contribution in [1.82, 2.24) is 0 Å². The smallest absolute Gasteiger partial charge is 0.409 e. The Bertz CT molecular complexity index is 310. The standard InChI is InChI=1S/C8H6Cl2O2/c1-5-3-2-4-6(7(5)9)12-8(10)11/h2-4H,1H3. The molecule has 0 unspecified atom stereocenters. The van der Waals surface area contributed by atoms with E-state index in [0.29, 0.717) is 5.02 Å². The van der Waals surface area contributed by atoms with Crippen LogP contribution in [0.25, 0.3) is 0 Å². The molecule has 0 fully saturated rings. The van der Waals surface area contributed by atoms with Gasteiger partial charge in [-0.15, -0.1) is 0 Å². The van der Waals surface area contributed by atoms with Crippen LogP contribution >= 0.6 is 23.2 Å². The van der Waals surface area contributed by atoms with Gasteiger partial charge in [-0.25, -0.2) is 4.79 Å². The van der Waals surface area contributed by atoms with E-state index in [1.54, 1.807) is 12.1 Å². The summed E-state index contributed by atoms with van der Waals surface area (Å²) in [6, 6.07) is 5.12. The van der Waals surface area contributed by atoms with E-state index in [0.717, 1.165) is 5.56 Å². The fourth-order valence-corrected chi connectivity index (χ4v) is 1.03. The molecule has 0 aliphatic rings. The van der Waals surface area contributed by atoms with Crippen molar-refractivity contribution in [2.45, 2.75) is 6.92 Å². The molecule has 1 aromatic carbocycles. The van der Waals surface area contributed by atoms with Crippen LogP contribution in [0.3, 0.4) is 0 Å². The molecule has 0 N–H and O–H groups in total. The Morgan fingerprint density at radius 2 is 2.17 bits per heavy atom. The first-order chi connectivity index (χ1) is 5.61. The molecule has 0 spiro atoms. The van der Waals surface area contributed by atoms with Crippen LogP contribution in [0.15, 0.2) is 18.2 Å². The van der Waals surface area contributed by atoms with E-state index in [4.69, 9.17) is 23.2 Å². The largest absolute Gasteiger partial charge is 0.413 e. The minimum absolute atomic E-state index is 0.289. The fourth-order valence-electron chi connectivity index (χ4n) is 0.786. The molecule has 0 bridgehead atoms. The third kappa shape index (κ3) is 2.13. The van der Waals surface area contributed by atoms with Gasteiger partial charge in [0.1, 0.15) is 0 Å². The summed E-state index contributed by atoms with van der Waals surface area (Å²) in [7, 11) is 0.